The van der Waals surface area contributed by atoms with E-state index in [1.807, 2.05) is 14.1 Å². The summed E-state index contributed by atoms with van der Waals surface area (Å²) in [5.74, 6) is -1.15. The largest absolute Gasteiger partial charge is 0.455 e. The Morgan fingerprint density at radius 3 is 2.58 bits per heavy atom. The van der Waals surface area contributed by atoms with Crippen molar-refractivity contribution in [1.29, 1.82) is 15.9 Å². The van der Waals surface area contributed by atoms with Crippen LogP contribution in [0.25, 0.3) is 0 Å². The van der Waals surface area contributed by atoms with Crippen molar-refractivity contribution in [2.45, 2.75) is 18.4 Å². The maximum absolute atomic E-state index is 13.7. The Hall–Kier alpha value is -3.37. The lowest BCUT2D eigenvalue weighted by Gasteiger charge is -2.58. The minimum Gasteiger partial charge on any atom is -0.455 e. The molecule has 9 nitrogen and oxygen atoms in total. The van der Waals surface area contributed by atoms with Gasteiger partial charge in [0.25, 0.3) is 5.91 Å². The van der Waals surface area contributed by atoms with E-state index in [4.69, 9.17) is 27.5 Å². The van der Waals surface area contributed by atoms with E-state index < -0.39 is 22.3 Å². The fraction of sp³-hybridized carbons (Fsp3) is 0.462. The summed E-state index contributed by atoms with van der Waals surface area (Å²) in [6.45, 7) is 2.41. The topological polar surface area (TPSA) is 142 Å². The molecular formula is C26H26ClN7O2. The summed E-state index contributed by atoms with van der Waals surface area (Å²) in [6, 6.07) is 9.76. The van der Waals surface area contributed by atoms with Gasteiger partial charge < -0.3 is 25.6 Å². The highest BCUT2D eigenvalue weighted by molar-refractivity contribution is 6.31. The fourth-order valence-corrected chi connectivity index (χ4v) is 7.37. The molecule has 2 saturated heterocycles. The fourth-order valence-electron chi connectivity index (χ4n) is 7.20. The van der Waals surface area contributed by atoms with Gasteiger partial charge in [-0.3, -0.25) is 10.2 Å². The van der Waals surface area contributed by atoms with Crippen LogP contribution in [-0.4, -0.2) is 61.9 Å². The summed E-state index contributed by atoms with van der Waals surface area (Å²) in [4.78, 5) is 18.0. The number of amides is 1. The normalized spacial score (nSPS) is 30.4. The minimum absolute atomic E-state index is 0.0647. The third-order valence-electron chi connectivity index (χ3n) is 8.96. The first kappa shape index (κ1) is 23.1. The third-order valence-corrected chi connectivity index (χ3v) is 9.19. The van der Waals surface area contributed by atoms with E-state index >= 15 is 0 Å². The van der Waals surface area contributed by atoms with Gasteiger partial charge in [0.05, 0.1) is 29.3 Å². The monoisotopic (exact) mass is 503 g/mol. The number of nitrogens with zero attached hydrogens (tertiary/aromatic N) is 4. The summed E-state index contributed by atoms with van der Waals surface area (Å²) < 4.78 is 6.26. The predicted molar refractivity (Wildman–Crippen MR) is 133 cm³/mol. The number of carbonyl (C=O) groups is 1. The quantitative estimate of drug-likeness (QED) is 0.493. The number of nitriles is 2. The number of nitrogens with two attached hydrogens (primary N) is 1. The molecule has 5 aliphatic rings. The molecule has 36 heavy (non-hydrogen) atoms. The van der Waals surface area contributed by atoms with Crippen LogP contribution in [-0.2, 0) is 15.1 Å². The lowest BCUT2D eigenvalue weighted by atomic mass is 9.48. The standard InChI is InChI=1S/C26H26ClN7O2/c1-33-7-5-24(6-8-33)16-10-34(2)11-17-19(16)20(21(30)25(24,12-28)13-29)22(31)36-26(17)15-9-14(27)3-4-18(15)32-23(26)35/h3-4,9,17,31H,5-8,10-11,30H2,1-2H3,(H,32,35)/t17-,26-/m0/s1. The van der Waals surface area contributed by atoms with E-state index in [2.05, 4.69) is 27.3 Å². The number of benzene rings is 1. The first-order chi connectivity index (χ1) is 17.1. The molecule has 4 aliphatic heterocycles. The molecule has 0 saturated carbocycles. The molecule has 1 aliphatic carbocycles. The van der Waals surface area contributed by atoms with Gasteiger partial charge in [-0.15, -0.1) is 0 Å². The summed E-state index contributed by atoms with van der Waals surface area (Å²) in [5.41, 5.74) is 6.03. The number of fused-ring (bicyclic) bond motifs is 4. The molecule has 2 spiro atoms. The van der Waals surface area contributed by atoms with Crippen molar-refractivity contribution in [3.05, 3.63) is 51.2 Å². The second-order valence-corrected chi connectivity index (χ2v) is 11.0. The molecule has 4 heterocycles. The van der Waals surface area contributed by atoms with Crippen molar-refractivity contribution in [1.82, 2.24) is 9.80 Å². The number of hydrogen-bond acceptors (Lipinski definition) is 8. The van der Waals surface area contributed by atoms with E-state index in [1.54, 1.807) is 18.2 Å². The van der Waals surface area contributed by atoms with Gasteiger partial charge in [-0.25, -0.2) is 0 Å². The molecule has 184 valence electrons. The van der Waals surface area contributed by atoms with Crippen LogP contribution in [0.4, 0.5) is 5.69 Å². The van der Waals surface area contributed by atoms with E-state index in [9.17, 15) is 15.3 Å². The highest BCUT2D eigenvalue weighted by atomic mass is 35.5. The molecule has 1 aromatic rings. The van der Waals surface area contributed by atoms with Crippen LogP contribution in [0.1, 0.15) is 18.4 Å². The molecule has 0 bridgehead atoms. The van der Waals surface area contributed by atoms with Crippen LogP contribution in [0.15, 0.2) is 40.6 Å². The smallest absolute Gasteiger partial charge is 0.274 e. The summed E-state index contributed by atoms with van der Waals surface area (Å²) in [7, 11) is 3.99. The Morgan fingerprint density at radius 2 is 1.92 bits per heavy atom. The van der Waals surface area contributed by atoms with E-state index in [0.29, 0.717) is 60.9 Å². The zero-order chi connectivity index (χ0) is 25.6. The molecule has 10 heteroatoms. The average Bonchev–Trinajstić information content (AvgIpc) is 3.12. The first-order valence-corrected chi connectivity index (χ1v) is 12.4. The van der Waals surface area contributed by atoms with Gasteiger partial charge in [-0.1, -0.05) is 11.6 Å². The molecule has 4 N–H and O–H groups in total. The number of nitrogens with one attached hydrogen (secondary N) is 2. The number of carbonyl (C=O) groups excluding carboxylic acids is 1. The van der Waals surface area contributed by atoms with E-state index in [-0.39, 0.29) is 17.5 Å². The number of halogens is 1. The van der Waals surface area contributed by atoms with Crippen LogP contribution in [0.5, 0.6) is 0 Å². The van der Waals surface area contributed by atoms with Crippen LogP contribution in [0.3, 0.4) is 0 Å². The van der Waals surface area contributed by atoms with Gasteiger partial charge in [0.1, 0.15) is 0 Å². The van der Waals surface area contributed by atoms with Crippen LogP contribution in [0.2, 0.25) is 5.02 Å². The molecule has 2 atom stereocenters. The van der Waals surface area contributed by atoms with Crippen LogP contribution in [0, 0.1) is 44.8 Å². The Kier molecular flexibility index (Phi) is 4.69. The number of allylic oxidation sites excluding steroid dienone is 1. The number of hydrogen-bond donors (Lipinski definition) is 3. The van der Waals surface area contributed by atoms with Gasteiger partial charge in [-0.2, -0.15) is 10.5 Å². The SMILES string of the molecule is CN1CCC2(CC1)C1=C3C(=C(N)C2(C#N)C#N)C(=N)O[C@]2(C(=O)Nc4ccc(Cl)cc42)[C@H]3CN(C)C1. The van der Waals surface area contributed by atoms with Gasteiger partial charge in [0, 0.05) is 34.8 Å². The van der Waals surface area contributed by atoms with Crippen LogP contribution < -0.4 is 11.1 Å². The second kappa shape index (κ2) is 7.33. The van der Waals surface area contributed by atoms with Crippen molar-refractivity contribution in [2.24, 2.45) is 22.5 Å². The van der Waals surface area contributed by atoms with Gasteiger partial charge in [0.15, 0.2) is 5.41 Å². The van der Waals surface area contributed by atoms with Gasteiger partial charge in [-0.05, 0) is 69.4 Å². The number of anilines is 1. The number of likely N-dealkylation sites (N-methyl/N-ethyl adjacent to an activating group) is 1. The number of piperidine rings is 1. The van der Waals surface area contributed by atoms with Crippen molar-refractivity contribution >= 4 is 29.1 Å². The summed E-state index contributed by atoms with van der Waals surface area (Å²) in [6.07, 6.45) is 1.15. The molecule has 2 fully saturated rings. The molecule has 0 radical (unpaired) electrons. The zero-order valence-electron chi connectivity index (χ0n) is 20.1. The lowest BCUT2D eigenvalue weighted by molar-refractivity contribution is -0.138. The maximum atomic E-state index is 13.7. The Bertz CT molecular complexity index is 1380. The Morgan fingerprint density at radius 1 is 1.22 bits per heavy atom. The minimum atomic E-state index is -1.63. The second-order valence-electron chi connectivity index (χ2n) is 10.6. The third kappa shape index (κ3) is 2.50. The molecule has 1 aromatic carbocycles. The molecule has 0 aromatic heterocycles. The van der Waals surface area contributed by atoms with Gasteiger partial charge in [0.2, 0.25) is 11.5 Å². The number of ether oxygens (including phenoxy) is 1. The van der Waals surface area contributed by atoms with Crippen molar-refractivity contribution in [3.63, 3.8) is 0 Å². The van der Waals surface area contributed by atoms with Crippen molar-refractivity contribution in [3.8, 4) is 12.1 Å². The average molecular weight is 504 g/mol. The van der Waals surface area contributed by atoms with Crippen LogP contribution >= 0.6 is 11.6 Å². The highest BCUT2D eigenvalue weighted by Crippen LogP contribution is 2.64. The molecular weight excluding hydrogens is 478 g/mol. The van der Waals surface area contributed by atoms with E-state index in [1.165, 1.54) is 0 Å². The van der Waals surface area contributed by atoms with Crippen molar-refractivity contribution < 1.29 is 9.53 Å². The lowest BCUT2D eigenvalue weighted by Crippen LogP contribution is -2.62. The van der Waals surface area contributed by atoms with Crippen molar-refractivity contribution in [2.75, 3.05) is 45.6 Å². The first-order valence-electron chi connectivity index (χ1n) is 12.0. The molecule has 6 rings (SSSR count). The Labute approximate surface area is 214 Å². The number of rotatable bonds is 0. The summed E-state index contributed by atoms with van der Waals surface area (Å²) >= 11 is 6.36. The predicted octanol–water partition coefficient (Wildman–Crippen LogP) is 2.33. The van der Waals surface area contributed by atoms with E-state index in [0.717, 1.165) is 11.1 Å². The summed E-state index contributed by atoms with van der Waals surface area (Å²) in [5, 5.41) is 33.4. The highest BCUT2D eigenvalue weighted by Gasteiger charge is 2.68. The molecule has 1 amide bonds. The Balaban J connectivity index is 1.69. The maximum Gasteiger partial charge on any atom is 0.274 e. The number of likely N-dealkylation sites (tertiary alicyclic amines) is 1. The van der Waals surface area contributed by atoms with Gasteiger partial charge >= 0.3 is 0 Å². The molecule has 0 unspecified atom stereocenters. The zero-order valence-corrected chi connectivity index (χ0v) is 20.9.